The third-order valence-electron chi connectivity index (χ3n) is 2.16. The summed E-state index contributed by atoms with van der Waals surface area (Å²) in [5.74, 6) is 0.646. The number of halogens is 1. The van der Waals surface area contributed by atoms with Crippen molar-refractivity contribution >= 4 is 11.6 Å². The number of alkyl halides is 1. The summed E-state index contributed by atoms with van der Waals surface area (Å²) in [6.07, 6.45) is 0. The van der Waals surface area contributed by atoms with Crippen molar-refractivity contribution in [1.29, 1.82) is 0 Å². The molecule has 1 aromatic heterocycles. The number of aromatic nitrogens is 1. The van der Waals surface area contributed by atoms with Crippen LogP contribution in [-0.2, 0) is 12.9 Å². The molecule has 0 saturated heterocycles. The minimum atomic E-state index is 0.0150. The summed E-state index contributed by atoms with van der Waals surface area (Å²) in [5, 5.41) is 0. The van der Waals surface area contributed by atoms with Crippen molar-refractivity contribution in [2.24, 2.45) is 7.05 Å². The van der Waals surface area contributed by atoms with E-state index < -0.39 is 0 Å². The summed E-state index contributed by atoms with van der Waals surface area (Å²) in [4.78, 5) is 11.6. The van der Waals surface area contributed by atoms with Crippen molar-refractivity contribution in [3.8, 4) is 0 Å². The molecule has 0 aliphatic heterocycles. The molecule has 1 aromatic rings. The Morgan fingerprint density at radius 2 is 2.08 bits per heavy atom. The molecule has 13 heavy (non-hydrogen) atoms. The van der Waals surface area contributed by atoms with Crippen molar-refractivity contribution in [3.05, 3.63) is 33.7 Å². The summed E-state index contributed by atoms with van der Waals surface area (Å²) < 4.78 is 1.67. The monoisotopic (exact) mass is 199 g/mol. The highest BCUT2D eigenvalue weighted by atomic mass is 35.5. The topological polar surface area (TPSA) is 22.0 Å². The summed E-state index contributed by atoms with van der Waals surface area (Å²) in [7, 11) is 1.79. The first kappa shape index (κ1) is 10.3. The van der Waals surface area contributed by atoms with Gasteiger partial charge in [-0.1, -0.05) is 19.9 Å². The predicted octanol–water partition coefficient (Wildman–Crippen LogP) is 2.25. The molecule has 1 rings (SSSR count). The van der Waals surface area contributed by atoms with E-state index in [1.54, 1.807) is 11.6 Å². The van der Waals surface area contributed by atoms with Crippen LogP contribution in [0.1, 0.15) is 31.0 Å². The average molecular weight is 200 g/mol. The second-order valence-corrected chi connectivity index (χ2v) is 3.70. The van der Waals surface area contributed by atoms with Crippen molar-refractivity contribution < 1.29 is 0 Å². The summed E-state index contributed by atoms with van der Waals surface area (Å²) in [6.45, 7) is 4.13. The SMILES string of the molecule is CC(C)c1ccc(CCl)c(=O)n1C. The van der Waals surface area contributed by atoms with E-state index in [9.17, 15) is 4.79 Å². The molecule has 0 atom stereocenters. The van der Waals surface area contributed by atoms with E-state index >= 15 is 0 Å². The zero-order valence-electron chi connectivity index (χ0n) is 8.17. The van der Waals surface area contributed by atoms with Gasteiger partial charge in [0.2, 0.25) is 0 Å². The van der Waals surface area contributed by atoms with Crippen LogP contribution in [0.15, 0.2) is 16.9 Å². The van der Waals surface area contributed by atoms with Crippen LogP contribution >= 0.6 is 11.6 Å². The third kappa shape index (κ3) is 1.94. The van der Waals surface area contributed by atoms with Gasteiger partial charge in [0, 0.05) is 18.3 Å². The fraction of sp³-hybridized carbons (Fsp3) is 0.500. The highest BCUT2D eigenvalue weighted by molar-refractivity contribution is 6.17. The van der Waals surface area contributed by atoms with Gasteiger partial charge in [-0.3, -0.25) is 4.79 Å². The van der Waals surface area contributed by atoms with Gasteiger partial charge >= 0.3 is 0 Å². The molecule has 2 nitrogen and oxygen atoms in total. The van der Waals surface area contributed by atoms with E-state index in [0.717, 1.165) is 5.69 Å². The number of nitrogens with zero attached hydrogens (tertiary/aromatic N) is 1. The first-order valence-electron chi connectivity index (χ1n) is 4.32. The molecule has 0 aromatic carbocycles. The predicted molar refractivity (Wildman–Crippen MR) is 55.3 cm³/mol. The molecule has 0 spiro atoms. The first-order valence-corrected chi connectivity index (χ1v) is 4.86. The van der Waals surface area contributed by atoms with Crippen molar-refractivity contribution in [2.75, 3.05) is 0 Å². The minimum Gasteiger partial charge on any atom is -0.315 e. The molecule has 0 fully saturated rings. The van der Waals surface area contributed by atoms with Crippen LogP contribution in [0.2, 0.25) is 0 Å². The quantitative estimate of drug-likeness (QED) is 0.670. The van der Waals surface area contributed by atoms with Gasteiger partial charge in [-0.05, 0) is 12.0 Å². The van der Waals surface area contributed by atoms with Gasteiger partial charge in [0.15, 0.2) is 0 Å². The Morgan fingerprint density at radius 1 is 1.46 bits per heavy atom. The first-order chi connectivity index (χ1) is 6.07. The Kier molecular flexibility index (Phi) is 3.15. The van der Waals surface area contributed by atoms with E-state index in [1.165, 1.54) is 0 Å². The molecule has 0 bridgehead atoms. The molecular weight excluding hydrogens is 186 g/mol. The van der Waals surface area contributed by atoms with Crippen molar-refractivity contribution in [2.45, 2.75) is 25.6 Å². The fourth-order valence-electron chi connectivity index (χ4n) is 1.38. The lowest BCUT2D eigenvalue weighted by atomic mass is 10.1. The highest BCUT2D eigenvalue weighted by Gasteiger charge is 2.06. The normalized spacial score (nSPS) is 10.8. The van der Waals surface area contributed by atoms with Crippen LogP contribution in [0.5, 0.6) is 0 Å². The molecule has 0 amide bonds. The molecule has 0 N–H and O–H groups in total. The Hall–Kier alpha value is -0.760. The summed E-state index contributed by atoms with van der Waals surface area (Å²) in [6, 6.07) is 3.77. The Labute approximate surface area is 83.2 Å². The third-order valence-corrected chi connectivity index (χ3v) is 2.45. The Morgan fingerprint density at radius 3 is 2.54 bits per heavy atom. The van der Waals surface area contributed by atoms with Gasteiger partial charge in [0.1, 0.15) is 0 Å². The number of hydrogen-bond donors (Lipinski definition) is 0. The molecule has 72 valence electrons. The maximum absolute atomic E-state index is 11.6. The van der Waals surface area contributed by atoms with Gasteiger partial charge in [0.05, 0.1) is 5.88 Å². The van der Waals surface area contributed by atoms with Crippen LogP contribution in [0, 0.1) is 0 Å². The molecule has 1 heterocycles. The van der Waals surface area contributed by atoms with Gasteiger partial charge < -0.3 is 4.57 Å². The maximum Gasteiger partial charge on any atom is 0.254 e. The Balaban J connectivity index is 3.32. The van der Waals surface area contributed by atoms with E-state index in [2.05, 4.69) is 13.8 Å². The number of hydrogen-bond acceptors (Lipinski definition) is 1. The average Bonchev–Trinajstić information content (AvgIpc) is 2.09. The lowest BCUT2D eigenvalue weighted by Gasteiger charge is -2.11. The maximum atomic E-state index is 11.6. The lowest BCUT2D eigenvalue weighted by molar-refractivity contribution is 0.701. The van der Waals surface area contributed by atoms with Crippen LogP contribution in [0.3, 0.4) is 0 Å². The molecule has 0 saturated carbocycles. The van der Waals surface area contributed by atoms with Crippen LogP contribution in [-0.4, -0.2) is 4.57 Å². The zero-order valence-corrected chi connectivity index (χ0v) is 8.93. The van der Waals surface area contributed by atoms with Crippen LogP contribution in [0.4, 0.5) is 0 Å². The van der Waals surface area contributed by atoms with Gasteiger partial charge in [-0.15, -0.1) is 11.6 Å². The number of rotatable bonds is 2. The van der Waals surface area contributed by atoms with E-state index in [1.807, 2.05) is 12.1 Å². The molecule has 0 aliphatic rings. The molecular formula is C10H14ClNO. The number of pyridine rings is 1. The Bertz CT molecular complexity index is 354. The van der Waals surface area contributed by atoms with Crippen LogP contribution in [0.25, 0.3) is 0 Å². The fourth-order valence-corrected chi connectivity index (χ4v) is 1.59. The van der Waals surface area contributed by atoms with E-state index in [0.29, 0.717) is 11.5 Å². The molecule has 0 aliphatic carbocycles. The van der Waals surface area contributed by atoms with Crippen molar-refractivity contribution in [3.63, 3.8) is 0 Å². The van der Waals surface area contributed by atoms with Gasteiger partial charge in [-0.2, -0.15) is 0 Å². The standard InChI is InChI=1S/C10H14ClNO/c1-7(2)9-5-4-8(6-11)10(13)12(9)3/h4-5,7H,6H2,1-3H3. The zero-order chi connectivity index (χ0) is 10.0. The smallest absolute Gasteiger partial charge is 0.254 e. The van der Waals surface area contributed by atoms with Gasteiger partial charge in [-0.25, -0.2) is 0 Å². The van der Waals surface area contributed by atoms with E-state index in [-0.39, 0.29) is 11.4 Å². The van der Waals surface area contributed by atoms with Crippen molar-refractivity contribution in [1.82, 2.24) is 4.57 Å². The largest absolute Gasteiger partial charge is 0.315 e. The second kappa shape index (κ2) is 3.97. The summed E-state index contributed by atoms with van der Waals surface area (Å²) in [5.41, 5.74) is 1.72. The van der Waals surface area contributed by atoms with Crippen LogP contribution < -0.4 is 5.56 Å². The molecule has 3 heteroatoms. The molecule has 0 radical (unpaired) electrons. The van der Waals surface area contributed by atoms with E-state index in [4.69, 9.17) is 11.6 Å². The summed E-state index contributed by atoms with van der Waals surface area (Å²) >= 11 is 5.62. The lowest BCUT2D eigenvalue weighted by Crippen LogP contribution is -2.23. The minimum absolute atomic E-state index is 0.0150. The van der Waals surface area contributed by atoms with Gasteiger partial charge in [0.25, 0.3) is 5.56 Å². The molecule has 0 unspecified atom stereocenters. The highest BCUT2D eigenvalue weighted by Crippen LogP contribution is 2.12. The second-order valence-electron chi connectivity index (χ2n) is 3.44.